The number of anilines is 2. The Morgan fingerprint density at radius 3 is 2.73 bits per heavy atom. The standard InChI is InChI=1S/C18H17N5O3/c1-3-26-16(24)11-4-9-15-14(10-11)20-18-21-17(22-23(15)18)19-12-5-7-13(25-2)8-6-12/h4-10H,3H2,1-2H3,(H2,19,20,21,22). The van der Waals surface area contributed by atoms with Crippen LogP contribution in [0.15, 0.2) is 42.5 Å². The normalized spacial score (nSPS) is 11.0. The Morgan fingerprint density at radius 1 is 1.19 bits per heavy atom. The molecule has 0 saturated carbocycles. The third-order valence-electron chi connectivity index (χ3n) is 3.93. The Balaban J connectivity index is 1.63. The number of fused-ring (bicyclic) bond motifs is 3. The number of esters is 1. The lowest BCUT2D eigenvalue weighted by molar-refractivity contribution is 0.0526. The molecule has 4 aromatic rings. The first-order valence-electron chi connectivity index (χ1n) is 8.14. The van der Waals surface area contributed by atoms with Crippen LogP contribution >= 0.6 is 0 Å². The number of nitrogens with one attached hydrogen (secondary N) is 2. The van der Waals surface area contributed by atoms with E-state index in [4.69, 9.17) is 9.47 Å². The summed E-state index contributed by atoms with van der Waals surface area (Å²) in [7, 11) is 1.63. The predicted octanol–water partition coefficient (Wildman–Crippen LogP) is 3.14. The highest BCUT2D eigenvalue weighted by Crippen LogP contribution is 2.21. The molecule has 2 aromatic heterocycles. The van der Waals surface area contributed by atoms with Crippen molar-refractivity contribution in [3.05, 3.63) is 48.0 Å². The van der Waals surface area contributed by atoms with E-state index >= 15 is 0 Å². The Bertz CT molecular complexity index is 1080. The van der Waals surface area contributed by atoms with Gasteiger partial charge in [0.05, 0.1) is 30.3 Å². The lowest BCUT2D eigenvalue weighted by atomic mass is 10.2. The molecule has 0 aliphatic carbocycles. The summed E-state index contributed by atoms with van der Waals surface area (Å²) in [6.45, 7) is 2.11. The number of aromatic amines is 1. The number of ether oxygens (including phenoxy) is 2. The molecule has 0 amide bonds. The molecule has 2 aromatic carbocycles. The number of hydrogen-bond donors (Lipinski definition) is 2. The number of imidazole rings is 1. The highest BCUT2D eigenvalue weighted by atomic mass is 16.5. The average molecular weight is 351 g/mol. The number of methoxy groups -OCH3 is 1. The SMILES string of the molecule is CCOC(=O)c1ccc2c(c1)nc1nc(Nc3ccc(OC)cc3)[nH]n12. The summed E-state index contributed by atoms with van der Waals surface area (Å²) in [4.78, 5) is 20.7. The van der Waals surface area contributed by atoms with E-state index < -0.39 is 0 Å². The largest absolute Gasteiger partial charge is 0.497 e. The van der Waals surface area contributed by atoms with Crippen LogP contribution in [0.4, 0.5) is 11.6 Å². The van der Waals surface area contributed by atoms with Crippen molar-refractivity contribution in [2.75, 3.05) is 19.0 Å². The second kappa shape index (κ2) is 6.40. The van der Waals surface area contributed by atoms with Gasteiger partial charge in [-0.2, -0.15) is 4.98 Å². The van der Waals surface area contributed by atoms with Gasteiger partial charge in [0.15, 0.2) is 0 Å². The van der Waals surface area contributed by atoms with E-state index in [1.54, 1.807) is 30.7 Å². The lowest BCUT2D eigenvalue weighted by Crippen LogP contribution is -2.04. The smallest absolute Gasteiger partial charge is 0.338 e. The number of carbonyl (C=O) groups excluding carboxylic acids is 1. The van der Waals surface area contributed by atoms with Crippen molar-refractivity contribution < 1.29 is 14.3 Å². The quantitative estimate of drug-likeness (QED) is 0.537. The number of rotatable bonds is 5. The van der Waals surface area contributed by atoms with Crippen molar-refractivity contribution >= 4 is 34.4 Å². The fourth-order valence-corrected chi connectivity index (χ4v) is 2.69. The maximum absolute atomic E-state index is 11.8. The zero-order valence-electron chi connectivity index (χ0n) is 14.3. The molecule has 4 rings (SSSR count). The van der Waals surface area contributed by atoms with Gasteiger partial charge in [-0.1, -0.05) is 0 Å². The van der Waals surface area contributed by atoms with E-state index in [2.05, 4.69) is 20.4 Å². The molecule has 8 heteroatoms. The fraction of sp³-hybridized carbons (Fsp3) is 0.167. The molecule has 0 aliphatic rings. The minimum atomic E-state index is -0.360. The Kier molecular flexibility index (Phi) is 3.92. The molecule has 0 spiro atoms. The van der Waals surface area contributed by atoms with Gasteiger partial charge >= 0.3 is 5.97 Å². The van der Waals surface area contributed by atoms with Gasteiger partial charge in [0, 0.05) is 5.69 Å². The van der Waals surface area contributed by atoms with E-state index in [1.807, 2.05) is 30.3 Å². The number of aromatic nitrogens is 4. The Morgan fingerprint density at radius 2 is 2.00 bits per heavy atom. The molecule has 0 bridgehead atoms. The molecule has 0 unspecified atom stereocenters. The van der Waals surface area contributed by atoms with Crippen molar-refractivity contribution in [1.29, 1.82) is 0 Å². The molecular weight excluding hydrogens is 334 g/mol. The van der Waals surface area contributed by atoms with Gasteiger partial charge in [0.1, 0.15) is 5.75 Å². The van der Waals surface area contributed by atoms with Crippen LogP contribution in [0.1, 0.15) is 17.3 Å². The molecule has 0 aliphatic heterocycles. The fourth-order valence-electron chi connectivity index (χ4n) is 2.69. The molecule has 8 nitrogen and oxygen atoms in total. The molecule has 0 saturated heterocycles. The van der Waals surface area contributed by atoms with Crippen LogP contribution in [0.3, 0.4) is 0 Å². The highest BCUT2D eigenvalue weighted by Gasteiger charge is 2.13. The minimum absolute atomic E-state index is 0.336. The van der Waals surface area contributed by atoms with Gasteiger partial charge in [-0.15, -0.1) is 0 Å². The monoisotopic (exact) mass is 351 g/mol. The summed E-state index contributed by atoms with van der Waals surface area (Å²) in [5.41, 5.74) is 2.84. The molecular formula is C18H17N5O3. The third-order valence-corrected chi connectivity index (χ3v) is 3.93. The topological polar surface area (TPSA) is 93.5 Å². The van der Waals surface area contributed by atoms with E-state index in [1.165, 1.54) is 0 Å². The van der Waals surface area contributed by atoms with Crippen LogP contribution in [-0.4, -0.2) is 39.3 Å². The van der Waals surface area contributed by atoms with Crippen LogP contribution in [0.5, 0.6) is 5.75 Å². The van der Waals surface area contributed by atoms with E-state index in [0.717, 1.165) is 17.0 Å². The van der Waals surface area contributed by atoms with Gasteiger partial charge in [-0.3, -0.25) is 5.10 Å². The zero-order valence-corrected chi connectivity index (χ0v) is 14.3. The second-order valence-corrected chi connectivity index (χ2v) is 5.60. The summed E-state index contributed by atoms with van der Waals surface area (Å²) in [6.07, 6.45) is 0. The number of carbonyl (C=O) groups is 1. The summed E-state index contributed by atoms with van der Waals surface area (Å²) < 4.78 is 11.9. The van der Waals surface area contributed by atoms with Crippen LogP contribution in [0, 0.1) is 0 Å². The van der Waals surface area contributed by atoms with Crippen LogP contribution in [0.2, 0.25) is 0 Å². The van der Waals surface area contributed by atoms with Gasteiger partial charge in [0.25, 0.3) is 5.78 Å². The van der Waals surface area contributed by atoms with Crippen LogP contribution < -0.4 is 10.1 Å². The van der Waals surface area contributed by atoms with Crippen molar-refractivity contribution in [3.8, 4) is 5.75 Å². The second-order valence-electron chi connectivity index (χ2n) is 5.60. The number of nitrogens with zero attached hydrogens (tertiary/aromatic N) is 3. The maximum atomic E-state index is 11.8. The lowest BCUT2D eigenvalue weighted by Gasteiger charge is -2.04. The molecule has 26 heavy (non-hydrogen) atoms. The number of hydrogen-bond acceptors (Lipinski definition) is 6. The van der Waals surface area contributed by atoms with Crippen molar-refractivity contribution in [3.63, 3.8) is 0 Å². The zero-order chi connectivity index (χ0) is 18.1. The summed E-state index contributed by atoms with van der Waals surface area (Å²) >= 11 is 0. The number of H-pyrrole nitrogens is 1. The maximum Gasteiger partial charge on any atom is 0.338 e. The molecule has 0 atom stereocenters. The summed E-state index contributed by atoms with van der Waals surface area (Å²) in [5.74, 6) is 1.50. The molecule has 2 heterocycles. The van der Waals surface area contributed by atoms with Gasteiger partial charge in [-0.25, -0.2) is 14.3 Å². The Labute approximate surface area is 148 Å². The average Bonchev–Trinajstić information content (AvgIpc) is 3.19. The first-order chi connectivity index (χ1) is 12.7. The van der Waals surface area contributed by atoms with E-state index in [0.29, 0.717) is 29.4 Å². The highest BCUT2D eigenvalue weighted by molar-refractivity contribution is 5.94. The third kappa shape index (κ3) is 2.81. The van der Waals surface area contributed by atoms with Gasteiger partial charge in [0.2, 0.25) is 5.95 Å². The molecule has 0 fully saturated rings. The minimum Gasteiger partial charge on any atom is -0.497 e. The van der Waals surface area contributed by atoms with Crippen molar-refractivity contribution in [2.45, 2.75) is 6.92 Å². The van der Waals surface area contributed by atoms with Gasteiger partial charge < -0.3 is 14.8 Å². The first-order valence-corrected chi connectivity index (χ1v) is 8.14. The molecule has 2 N–H and O–H groups in total. The molecule has 0 radical (unpaired) electrons. The van der Waals surface area contributed by atoms with E-state index in [9.17, 15) is 4.79 Å². The van der Waals surface area contributed by atoms with Crippen LogP contribution in [-0.2, 0) is 4.74 Å². The summed E-state index contributed by atoms with van der Waals surface area (Å²) in [6, 6.07) is 12.8. The van der Waals surface area contributed by atoms with Gasteiger partial charge in [-0.05, 0) is 49.4 Å². The first kappa shape index (κ1) is 15.9. The van der Waals surface area contributed by atoms with Crippen molar-refractivity contribution in [2.24, 2.45) is 0 Å². The Hall–Kier alpha value is -3.55. The summed E-state index contributed by atoms with van der Waals surface area (Å²) in [5, 5.41) is 6.34. The van der Waals surface area contributed by atoms with Crippen LogP contribution in [0.25, 0.3) is 16.8 Å². The van der Waals surface area contributed by atoms with E-state index in [-0.39, 0.29) is 5.97 Å². The molecule has 132 valence electrons. The predicted molar refractivity (Wildman–Crippen MR) is 97.1 cm³/mol. The van der Waals surface area contributed by atoms with Crippen molar-refractivity contribution in [1.82, 2.24) is 19.6 Å². The number of benzene rings is 2.